The predicted molar refractivity (Wildman–Crippen MR) is 112 cm³/mol. The molecule has 1 amide bonds. The van der Waals surface area contributed by atoms with Gasteiger partial charge < -0.3 is 4.90 Å². The number of carbonyl (C=O) groups is 1. The third-order valence-corrected chi connectivity index (χ3v) is 5.54. The number of nitrogens with zero attached hydrogens (tertiary/aromatic N) is 5. The molecule has 3 heterocycles. The molecule has 4 aromatic rings. The van der Waals surface area contributed by atoms with E-state index in [1.165, 1.54) is 5.56 Å². The van der Waals surface area contributed by atoms with Crippen LogP contribution in [0.25, 0.3) is 22.3 Å². The summed E-state index contributed by atoms with van der Waals surface area (Å²) in [5, 5.41) is 5.39. The highest BCUT2D eigenvalue weighted by atomic mass is 35.5. The molecule has 0 unspecified atom stereocenters. The molecule has 6 nitrogen and oxygen atoms in total. The number of halogens is 1. The molecule has 1 aliphatic rings. The van der Waals surface area contributed by atoms with Gasteiger partial charge in [-0.3, -0.25) is 19.4 Å². The van der Waals surface area contributed by atoms with Crippen molar-refractivity contribution in [3.8, 4) is 11.3 Å². The molecule has 0 aliphatic carbocycles. The maximum absolute atomic E-state index is 13.1. The lowest BCUT2D eigenvalue weighted by Crippen LogP contribution is -2.36. The molecule has 1 aliphatic heterocycles. The van der Waals surface area contributed by atoms with E-state index in [4.69, 9.17) is 16.7 Å². The number of fused-ring (bicyclic) bond motifs is 2. The minimum atomic E-state index is -0.0156. The number of hydrogen-bond acceptors (Lipinski definition) is 4. The Morgan fingerprint density at radius 3 is 2.72 bits per heavy atom. The van der Waals surface area contributed by atoms with Gasteiger partial charge in [0.05, 0.1) is 29.0 Å². The molecule has 0 spiro atoms. The van der Waals surface area contributed by atoms with Crippen LogP contribution in [0.2, 0.25) is 5.02 Å². The fourth-order valence-electron chi connectivity index (χ4n) is 3.97. The Balaban J connectivity index is 1.45. The lowest BCUT2D eigenvalue weighted by molar-refractivity contribution is 0.0732. The van der Waals surface area contributed by atoms with Gasteiger partial charge >= 0.3 is 0 Å². The maximum Gasteiger partial charge on any atom is 0.254 e. The quantitative estimate of drug-likeness (QED) is 0.509. The van der Waals surface area contributed by atoms with Crippen molar-refractivity contribution in [1.82, 2.24) is 24.6 Å². The van der Waals surface area contributed by atoms with Crippen LogP contribution in [-0.2, 0) is 20.0 Å². The van der Waals surface area contributed by atoms with Gasteiger partial charge in [0.1, 0.15) is 0 Å². The molecule has 144 valence electrons. The zero-order valence-electron chi connectivity index (χ0n) is 15.8. The highest BCUT2D eigenvalue weighted by molar-refractivity contribution is 6.30. The summed E-state index contributed by atoms with van der Waals surface area (Å²) in [6.07, 6.45) is 4.04. The van der Waals surface area contributed by atoms with E-state index in [2.05, 4.69) is 9.97 Å². The summed E-state index contributed by atoms with van der Waals surface area (Å²) in [6, 6.07) is 13.2. The smallest absolute Gasteiger partial charge is 0.254 e. The first-order valence-electron chi connectivity index (χ1n) is 9.41. The van der Waals surface area contributed by atoms with Crippen molar-refractivity contribution in [1.29, 1.82) is 0 Å². The minimum absolute atomic E-state index is 0.0156. The van der Waals surface area contributed by atoms with Gasteiger partial charge in [-0.05, 0) is 36.8 Å². The summed E-state index contributed by atoms with van der Waals surface area (Å²) in [6.45, 7) is 1.13. The normalized spacial score (nSPS) is 13.5. The van der Waals surface area contributed by atoms with E-state index in [-0.39, 0.29) is 5.91 Å². The van der Waals surface area contributed by atoms with Crippen molar-refractivity contribution in [2.24, 2.45) is 7.05 Å². The van der Waals surface area contributed by atoms with Gasteiger partial charge in [0.25, 0.3) is 5.91 Å². The van der Waals surface area contributed by atoms with Crippen LogP contribution in [0.5, 0.6) is 0 Å². The molecule has 0 bridgehead atoms. The summed E-state index contributed by atoms with van der Waals surface area (Å²) in [7, 11) is 1.93. The number of carbonyl (C=O) groups excluding carboxylic acids is 1. The van der Waals surface area contributed by atoms with Crippen molar-refractivity contribution in [3.63, 3.8) is 0 Å². The van der Waals surface area contributed by atoms with Crippen LogP contribution in [0.1, 0.15) is 21.6 Å². The van der Waals surface area contributed by atoms with Crippen molar-refractivity contribution >= 4 is 28.5 Å². The van der Waals surface area contributed by atoms with Crippen LogP contribution < -0.4 is 0 Å². The van der Waals surface area contributed by atoms with Crippen LogP contribution in [-0.4, -0.2) is 37.1 Å². The lowest BCUT2D eigenvalue weighted by Gasteiger charge is -2.26. The fraction of sp³-hybridized carbons (Fsp3) is 0.182. The third-order valence-electron chi connectivity index (χ3n) is 5.30. The van der Waals surface area contributed by atoms with Gasteiger partial charge in [-0.25, -0.2) is 0 Å². The summed E-state index contributed by atoms with van der Waals surface area (Å²) in [4.78, 5) is 23.5. The van der Waals surface area contributed by atoms with E-state index in [9.17, 15) is 4.79 Å². The van der Waals surface area contributed by atoms with Crippen LogP contribution in [0.15, 0.2) is 54.9 Å². The average molecular weight is 404 g/mol. The Morgan fingerprint density at radius 2 is 1.90 bits per heavy atom. The SMILES string of the molecule is Cn1nc2c(c1-c1cccc(Cl)c1)CCN(C(=O)c1ccc3nccnc3c1)C2. The first kappa shape index (κ1) is 17.8. The molecule has 7 heteroatoms. The van der Waals surface area contributed by atoms with E-state index < -0.39 is 0 Å². The van der Waals surface area contributed by atoms with Crippen molar-refractivity contribution in [2.75, 3.05) is 6.54 Å². The number of benzene rings is 2. The Hall–Kier alpha value is -3.25. The van der Waals surface area contributed by atoms with Crippen LogP contribution in [0.3, 0.4) is 0 Å². The zero-order valence-corrected chi connectivity index (χ0v) is 16.6. The molecule has 29 heavy (non-hydrogen) atoms. The summed E-state index contributed by atoms with van der Waals surface area (Å²) >= 11 is 6.18. The second kappa shape index (κ2) is 6.97. The summed E-state index contributed by atoms with van der Waals surface area (Å²) < 4.78 is 1.88. The fourth-order valence-corrected chi connectivity index (χ4v) is 4.16. The van der Waals surface area contributed by atoms with E-state index in [1.54, 1.807) is 18.5 Å². The maximum atomic E-state index is 13.1. The summed E-state index contributed by atoms with van der Waals surface area (Å²) in [5.74, 6) is -0.0156. The van der Waals surface area contributed by atoms with Gasteiger partial charge in [-0.1, -0.05) is 23.7 Å². The van der Waals surface area contributed by atoms with Crippen LogP contribution in [0, 0.1) is 0 Å². The van der Waals surface area contributed by atoms with Crippen molar-refractivity contribution in [2.45, 2.75) is 13.0 Å². The number of amides is 1. The third kappa shape index (κ3) is 3.15. The van der Waals surface area contributed by atoms with E-state index >= 15 is 0 Å². The second-order valence-electron chi connectivity index (χ2n) is 7.14. The number of hydrogen-bond donors (Lipinski definition) is 0. The molecular weight excluding hydrogens is 386 g/mol. The molecule has 5 rings (SSSR count). The van der Waals surface area contributed by atoms with E-state index in [0.717, 1.165) is 34.4 Å². The average Bonchev–Trinajstić information content (AvgIpc) is 3.07. The molecule has 0 atom stereocenters. The van der Waals surface area contributed by atoms with Gasteiger partial charge in [-0.15, -0.1) is 0 Å². The number of aromatic nitrogens is 4. The Morgan fingerprint density at radius 1 is 1.07 bits per heavy atom. The Labute approximate surface area is 172 Å². The molecule has 0 radical (unpaired) electrons. The summed E-state index contributed by atoms with van der Waals surface area (Å²) in [5.41, 5.74) is 6.34. The van der Waals surface area contributed by atoms with E-state index in [1.807, 2.05) is 53.0 Å². The number of rotatable bonds is 2. The number of aryl methyl sites for hydroxylation is 1. The topological polar surface area (TPSA) is 63.9 Å². The van der Waals surface area contributed by atoms with Crippen LogP contribution >= 0.6 is 11.6 Å². The van der Waals surface area contributed by atoms with Crippen molar-refractivity contribution < 1.29 is 4.79 Å². The van der Waals surface area contributed by atoms with Gasteiger partial charge in [-0.2, -0.15) is 5.10 Å². The molecule has 2 aromatic heterocycles. The minimum Gasteiger partial charge on any atom is -0.332 e. The monoisotopic (exact) mass is 403 g/mol. The van der Waals surface area contributed by atoms with Crippen LogP contribution in [0.4, 0.5) is 0 Å². The van der Waals surface area contributed by atoms with E-state index in [0.29, 0.717) is 23.7 Å². The first-order chi connectivity index (χ1) is 14.1. The Kier molecular flexibility index (Phi) is 4.28. The van der Waals surface area contributed by atoms with Gasteiger partial charge in [0.15, 0.2) is 0 Å². The van der Waals surface area contributed by atoms with Crippen molar-refractivity contribution in [3.05, 3.63) is 76.7 Å². The first-order valence-corrected chi connectivity index (χ1v) is 9.79. The largest absolute Gasteiger partial charge is 0.332 e. The second-order valence-corrected chi connectivity index (χ2v) is 7.58. The molecule has 0 saturated carbocycles. The predicted octanol–water partition coefficient (Wildman–Crippen LogP) is 3.88. The van der Waals surface area contributed by atoms with Gasteiger partial charge in [0.2, 0.25) is 0 Å². The molecule has 0 fully saturated rings. The molecule has 0 N–H and O–H groups in total. The lowest BCUT2D eigenvalue weighted by atomic mass is 9.99. The molecule has 2 aromatic carbocycles. The standard InChI is InChI=1S/C22H18ClN5O/c1-27-21(14-3-2-4-16(23)11-14)17-7-10-28(13-20(17)26-27)22(29)15-5-6-18-19(12-15)25-9-8-24-18/h2-6,8-9,11-12H,7,10,13H2,1H3. The highest BCUT2D eigenvalue weighted by Gasteiger charge is 2.27. The highest BCUT2D eigenvalue weighted by Crippen LogP contribution is 2.31. The van der Waals surface area contributed by atoms with Gasteiger partial charge in [0, 0.05) is 47.7 Å². The molecule has 0 saturated heterocycles. The zero-order chi connectivity index (χ0) is 20.0. The Bertz CT molecular complexity index is 1250. The molecular formula is C22H18ClN5O.